The van der Waals surface area contributed by atoms with Crippen molar-refractivity contribution in [3.8, 4) is 6.07 Å². The van der Waals surface area contributed by atoms with E-state index in [9.17, 15) is 5.26 Å². The molecule has 0 spiro atoms. The molecule has 0 bridgehead atoms. The lowest BCUT2D eigenvalue weighted by Gasteiger charge is -2.35. The fraction of sp³-hybridized carbons (Fsp3) is 0.562. The van der Waals surface area contributed by atoms with Crippen LogP contribution < -0.4 is 0 Å². The van der Waals surface area contributed by atoms with Crippen LogP contribution in [0.3, 0.4) is 0 Å². The van der Waals surface area contributed by atoms with Gasteiger partial charge in [0.05, 0.1) is 6.07 Å². The summed E-state index contributed by atoms with van der Waals surface area (Å²) in [6.07, 6.45) is 2.63. The van der Waals surface area contributed by atoms with Crippen molar-refractivity contribution in [2.24, 2.45) is 0 Å². The average molecular weight is 255 g/mol. The molecule has 3 rings (SSSR count). The van der Waals surface area contributed by atoms with Crippen LogP contribution in [0.2, 0.25) is 0 Å². The Morgan fingerprint density at radius 3 is 2.58 bits per heavy atom. The standard InChI is InChI=1S/C16H21N3/c1-18-7-9-19(10-8-18)16(12-17)15-4-2-3-14(11-15)13-5-6-13/h2-4,11,13,16H,5-10H2,1H3. The first-order chi connectivity index (χ1) is 9.28. The van der Waals surface area contributed by atoms with Crippen LogP contribution in [-0.4, -0.2) is 43.0 Å². The number of piperazine rings is 1. The van der Waals surface area contributed by atoms with Crippen molar-refractivity contribution in [3.05, 3.63) is 35.4 Å². The largest absolute Gasteiger partial charge is 0.304 e. The molecule has 1 aromatic rings. The van der Waals surface area contributed by atoms with Gasteiger partial charge in [0, 0.05) is 26.2 Å². The summed E-state index contributed by atoms with van der Waals surface area (Å²) in [6, 6.07) is 11.1. The second kappa shape index (κ2) is 5.32. The van der Waals surface area contributed by atoms with Gasteiger partial charge >= 0.3 is 0 Å². The molecule has 1 atom stereocenters. The maximum atomic E-state index is 9.54. The molecule has 1 aromatic carbocycles. The van der Waals surface area contributed by atoms with Crippen LogP contribution in [-0.2, 0) is 0 Å². The van der Waals surface area contributed by atoms with Crippen molar-refractivity contribution in [3.63, 3.8) is 0 Å². The molecule has 100 valence electrons. The monoisotopic (exact) mass is 255 g/mol. The molecule has 1 aliphatic carbocycles. The molecule has 2 fully saturated rings. The predicted octanol–water partition coefficient (Wildman–Crippen LogP) is 2.38. The van der Waals surface area contributed by atoms with Gasteiger partial charge in [0.2, 0.25) is 0 Å². The summed E-state index contributed by atoms with van der Waals surface area (Å²) in [7, 11) is 2.15. The Morgan fingerprint density at radius 1 is 1.21 bits per heavy atom. The van der Waals surface area contributed by atoms with E-state index in [1.807, 2.05) is 0 Å². The molecule has 3 heteroatoms. The van der Waals surface area contributed by atoms with Gasteiger partial charge in [-0.15, -0.1) is 0 Å². The summed E-state index contributed by atoms with van der Waals surface area (Å²) < 4.78 is 0. The maximum Gasteiger partial charge on any atom is 0.123 e. The molecule has 2 aliphatic rings. The molecule has 1 heterocycles. The van der Waals surface area contributed by atoms with Crippen molar-refractivity contribution in [1.29, 1.82) is 5.26 Å². The lowest BCUT2D eigenvalue weighted by molar-refractivity contribution is 0.133. The van der Waals surface area contributed by atoms with Gasteiger partial charge in [-0.3, -0.25) is 4.90 Å². The molecule has 1 unspecified atom stereocenters. The summed E-state index contributed by atoms with van der Waals surface area (Å²) in [5.74, 6) is 0.756. The molecule has 1 saturated heterocycles. The van der Waals surface area contributed by atoms with E-state index in [1.54, 1.807) is 0 Å². The number of hydrogen-bond acceptors (Lipinski definition) is 3. The summed E-state index contributed by atoms with van der Waals surface area (Å²) in [6.45, 7) is 4.09. The number of benzene rings is 1. The van der Waals surface area contributed by atoms with Gasteiger partial charge < -0.3 is 4.90 Å². The summed E-state index contributed by atoms with van der Waals surface area (Å²) in [5.41, 5.74) is 2.60. The molecule has 0 aromatic heterocycles. The van der Waals surface area contributed by atoms with E-state index in [0.29, 0.717) is 0 Å². The highest BCUT2D eigenvalue weighted by Gasteiger charge is 2.27. The van der Waals surface area contributed by atoms with E-state index in [1.165, 1.54) is 24.0 Å². The normalized spacial score (nSPS) is 22.9. The Morgan fingerprint density at radius 2 is 1.95 bits per heavy atom. The molecular weight excluding hydrogens is 234 g/mol. The first kappa shape index (κ1) is 12.7. The highest BCUT2D eigenvalue weighted by Crippen LogP contribution is 2.40. The second-order valence-electron chi connectivity index (χ2n) is 5.82. The van der Waals surface area contributed by atoms with Crippen LogP contribution in [0.4, 0.5) is 0 Å². The van der Waals surface area contributed by atoms with Crippen molar-refractivity contribution in [2.45, 2.75) is 24.8 Å². The number of hydrogen-bond donors (Lipinski definition) is 0. The number of nitriles is 1. The van der Waals surface area contributed by atoms with Crippen molar-refractivity contribution < 1.29 is 0 Å². The van der Waals surface area contributed by atoms with Crippen LogP contribution in [0.25, 0.3) is 0 Å². The Kier molecular flexibility index (Phi) is 3.54. The van der Waals surface area contributed by atoms with E-state index in [2.05, 4.69) is 47.2 Å². The Bertz CT molecular complexity index is 479. The highest BCUT2D eigenvalue weighted by molar-refractivity contribution is 5.33. The lowest BCUT2D eigenvalue weighted by Crippen LogP contribution is -2.45. The van der Waals surface area contributed by atoms with E-state index < -0.39 is 0 Å². The van der Waals surface area contributed by atoms with Gasteiger partial charge in [-0.1, -0.05) is 24.3 Å². The number of likely N-dealkylation sites (N-methyl/N-ethyl adjacent to an activating group) is 1. The SMILES string of the molecule is CN1CCN(C(C#N)c2cccc(C3CC3)c2)CC1. The van der Waals surface area contributed by atoms with Gasteiger partial charge in [-0.2, -0.15) is 5.26 Å². The molecular formula is C16H21N3. The molecule has 0 radical (unpaired) electrons. The van der Waals surface area contributed by atoms with E-state index in [0.717, 1.165) is 32.1 Å². The van der Waals surface area contributed by atoms with Crippen LogP contribution in [0.15, 0.2) is 24.3 Å². The van der Waals surface area contributed by atoms with Gasteiger partial charge in [0.1, 0.15) is 6.04 Å². The van der Waals surface area contributed by atoms with Gasteiger partial charge in [0.15, 0.2) is 0 Å². The third-order valence-corrected chi connectivity index (χ3v) is 4.30. The first-order valence-corrected chi connectivity index (χ1v) is 7.20. The minimum Gasteiger partial charge on any atom is -0.304 e. The Labute approximate surface area is 115 Å². The average Bonchev–Trinajstić information content (AvgIpc) is 3.27. The highest BCUT2D eigenvalue weighted by atomic mass is 15.3. The van der Waals surface area contributed by atoms with E-state index in [-0.39, 0.29) is 6.04 Å². The summed E-state index contributed by atoms with van der Waals surface area (Å²) in [4.78, 5) is 4.64. The van der Waals surface area contributed by atoms with Crippen molar-refractivity contribution >= 4 is 0 Å². The van der Waals surface area contributed by atoms with E-state index >= 15 is 0 Å². The fourth-order valence-corrected chi connectivity index (χ4v) is 2.85. The van der Waals surface area contributed by atoms with Crippen molar-refractivity contribution in [2.75, 3.05) is 33.2 Å². The van der Waals surface area contributed by atoms with Crippen LogP contribution in [0, 0.1) is 11.3 Å². The number of rotatable bonds is 3. The minimum absolute atomic E-state index is 0.0765. The zero-order valence-electron chi connectivity index (χ0n) is 11.5. The Hall–Kier alpha value is -1.37. The maximum absolute atomic E-state index is 9.54. The fourth-order valence-electron chi connectivity index (χ4n) is 2.85. The van der Waals surface area contributed by atoms with Crippen LogP contribution in [0.1, 0.15) is 35.9 Å². The predicted molar refractivity (Wildman–Crippen MR) is 75.8 cm³/mol. The smallest absolute Gasteiger partial charge is 0.123 e. The molecule has 19 heavy (non-hydrogen) atoms. The van der Waals surface area contributed by atoms with Crippen LogP contribution in [0.5, 0.6) is 0 Å². The van der Waals surface area contributed by atoms with Gasteiger partial charge in [-0.25, -0.2) is 0 Å². The zero-order chi connectivity index (χ0) is 13.2. The molecule has 3 nitrogen and oxygen atoms in total. The van der Waals surface area contributed by atoms with Crippen molar-refractivity contribution in [1.82, 2.24) is 9.80 Å². The topological polar surface area (TPSA) is 30.3 Å². The van der Waals surface area contributed by atoms with E-state index in [4.69, 9.17) is 0 Å². The third-order valence-electron chi connectivity index (χ3n) is 4.30. The molecule has 1 aliphatic heterocycles. The quantitative estimate of drug-likeness (QED) is 0.830. The van der Waals surface area contributed by atoms with Gasteiger partial charge in [-0.05, 0) is 36.9 Å². The summed E-state index contributed by atoms with van der Waals surface area (Å²) >= 11 is 0. The van der Waals surface area contributed by atoms with Crippen LogP contribution >= 0.6 is 0 Å². The summed E-state index contributed by atoms with van der Waals surface area (Å²) in [5, 5.41) is 9.54. The Balaban J connectivity index is 1.78. The van der Waals surface area contributed by atoms with Gasteiger partial charge in [0.25, 0.3) is 0 Å². The minimum atomic E-state index is -0.0765. The number of nitrogens with zero attached hydrogens (tertiary/aromatic N) is 3. The lowest BCUT2D eigenvalue weighted by atomic mass is 10.0. The molecule has 1 saturated carbocycles. The second-order valence-corrected chi connectivity index (χ2v) is 5.82. The molecule has 0 amide bonds. The molecule has 0 N–H and O–H groups in total. The zero-order valence-corrected chi connectivity index (χ0v) is 11.5. The first-order valence-electron chi connectivity index (χ1n) is 7.20. The third kappa shape index (κ3) is 2.80.